The molecule has 7 nitrogen and oxygen atoms in total. The molecule has 0 atom stereocenters. The van der Waals surface area contributed by atoms with Gasteiger partial charge in [-0.25, -0.2) is 15.0 Å². The molecule has 8 aromatic carbocycles. The molecule has 0 amide bonds. The van der Waals surface area contributed by atoms with Gasteiger partial charge in [0.05, 0.1) is 55.7 Å². The minimum Gasteiger partial charge on any atom is -0.305 e. The molecule has 0 bridgehead atoms. The lowest BCUT2D eigenvalue weighted by Gasteiger charge is -2.27. The summed E-state index contributed by atoms with van der Waals surface area (Å²) in [4.78, 5) is 18.2. The molecule has 358 valence electrons. The summed E-state index contributed by atoms with van der Waals surface area (Å²) < 4.78 is 9.85. The Bertz CT molecular complexity index is 4590. The summed E-state index contributed by atoms with van der Waals surface area (Å²) in [6.07, 6.45) is 13.1. The highest BCUT2D eigenvalue weighted by atomic mass is 15.2. The highest BCUT2D eigenvalue weighted by Gasteiger charge is 2.35. The maximum atomic E-state index is 6.42. The van der Waals surface area contributed by atoms with Gasteiger partial charge in [0.1, 0.15) is 11.4 Å². The summed E-state index contributed by atoms with van der Waals surface area (Å²) in [5.41, 5.74) is 17.6. The van der Waals surface area contributed by atoms with Gasteiger partial charge in [0.2, 0.25) is 0 Å². The molecule has 6 aromatic heterocycles. The molecular formula is C69H47N7. The number of aryl methyl sites for hydroxylation is 2. The maximum absolute atomic E-state index is 6.42. The van der Waals surface area contributed by atoms with Gasteiger partial charge in [0.25, 0.3) is 0 Å². The van der Waals surface area contributed by atoms with Gasteiger partial charge in [-0.2, -0.15) is 0 Å². The molecule has 0 N–H and O–H groups in total. The van der Waals surface area contributed by atoms with Crippen LogP contribution in [0, 0.1) is 0 Å². The van der Waals surface area contributed by atoms with E-state index in [9.17, 15) is 0 Å². The first kappa shape index (κ1) is 42.6. The zero-order valence-corrected chi connectivity index (χ0v) is 41.5. The third-order valence-corrected chi connectivity index (χ3v) is 15.9. The van der Waals surface area contributed by atoms with Gasteiger partial charge >= 0.3 is 0 Å². The lowest BCUT2D eigenvalue weighted by molar-refractivity contribution is 0.904. The minimum atomic E-state index is 0.588. The molecule has 0 saturated heterocycles. The molecule has 0 unspecified atom stereocenters. The molecule has 6 heterocycles. The van der Waals surface area contributed by atoms with Crippen molar-refractivity contribution in [2.24, 2.45) is 0 Å². The number of fused-ring (bicyclic) bond motifs is 12. The number of aromatic nitrogens is 7. The van der Waals surface area contributed by atoms with E-state index in [0.29, 0.717) is 5.82 Å². The summed E-state index contributed by atoms with van der Waals surface area (Å²) in [5.74, 6) is 2.14. The number of nitrogens with zero attached hydrogens (tertiary/aromatic N) is 7. The zero-order valence-electron chi connectivity index (χ0n) is 41.5. The van der Waals surface area contributed by atoms with Gasteiger partial charge in [0, 0.05) is 49.1 Å². The monoisotopic (exact) mass is 973 g/mol. The van der Waals surface area contributed by atoms with E-state index in [4.69, 9.17) is 15.0 Å². The van der Waals surface area contributed by atoms with Crippen LogP contribution < -0.4 is 0 Å². The van der Waals surface area contributed by atoms with E-state index in [0.717, 1.165) is 143 Å². The molecule has 2 aliphatic rings. The van der Waals surface area contributed by atoms with Crippen molar-refractivity contribution in [2.45, 2.75) is 25.7 Å². The fourth-order valence-corrected chi connectivity index (χ4v) is 12.7. The molecule has 0 fully saturated rings. The van der Waals surface area contributed by atoms with Crippen molar-refractivity contribution in [1.29, 1.82) is 0 Å². The van der Waals surface area contributed by atoms with E-state index in [1.54, 1.807) is 0 Å². The standard InChI is InChI=1S/C69H47N7/c1-3-23-44(24-4-1)54-43-55(45-25-5-2-6-26-45)71-67(70-54)64-65(73-56-35-15-7-27-46(56)47-28-8-16-36-57(47)73)68(75-60-39-19-11-31-50(60)51-32-12-20-40-61(51)75)72-69(76-62-41-21-13-33-52(62)53-34-14-22-42-63(53)76)66(64)74-58-37-17-9-29-48(58)49-30-10-18-38-59(49)74/h1-9,11-13,15-29,31-33,35-43H,10,14,30,34H2. The van der Waals surface area contributed by atoms with Crippen LogP contribution in [0.5, 0.6) is 0 Å². The molecule has 0 radical (unpaired) electrons. The predicted octanol–water partition coefficient (Wildman–Crippen LogP) is 16.9. The molecule has 76 heavy (non-hydrogen) atoms. The number of hydrogen-bond acceptors (Lipinski definition) is 3. The Morgan fingerprint density at radius 3 is 1.14 bits per heavy atom. The molecular weight excluding hydrogens is 927 g/mol. The van der Waals surface area contributed by atoms with E-state index in [2.05, 4.69) is 255 Å². The van der Waals surface area contributed by atoms with Crippen molar-refractivity contribution in [3.05, 3.63) is 247 Å². The summed E-state index contributed by atoms with van der Waals surface area (Å²) in [5, 5.41) is 7.05. The number of benzene rings is 8. The lowest BCUT2D eigenvalue weighted by atomic mass is 10.0. The number of rotatable bonds is 7. The van der Waals surface area contributed by atoms with Crippen LogP contribution in [0.3, 0.4) is 0 Å². The summed E-state index contributed by atoms with van der Waals surface area (Å²) >= 11 is 0. The summed E-state index contributed by atoms with van der Waals surface area (Å²) in [6, 6.07) is 76.4. The van der Waals surface area contributed by atoms with Crippen molar-refractivity contribution in [2.75, 3.05) is 0 Å². The third-order valence-electron chi connectivity index (χ3n) is 15.9. The summed E-state index contributed by atoms with van der Waals surface area (Å²) in [6.45, 7) is 0. The number of hydrogen-bond donors (Lipinski definition) is 0. The lowest BCUT2D eigenvalue weighted by Crippen LogP contribution is -2.18. The average Bonchev–Trinajstić information content (AvgIpc) is 4.40. The second kappa shape index (κ2) is 16.8. The molecule has 2 aliphatic carbocycles. The van der Waals surface area contributed by atoms with Crippen molar-refractivity contribution >= 4 is 77.6 Å². The van der Waals surface area contributed by atoms with Gasteiger partial charge in [-0.05, 0) is 91.4 Å². The Kier molecular flexibility index (Phi) is 9.45. The molecule has 0 saturated carbocycles. The van der Waals surface area contributed by atoms with Crippen LogP contribution in [0.1, 0.15) is 35.4 Å². The SMILES string of the molecule is C1=Cc2c(c3ccccc3n2-c2nc(-n3c4ccccc4c4ccccc43)c(-n3c4ccccc4c4ccccc43)c(-c3nc(-c4ccccc4)cc(-c4ccccc4)n3)c2-n2c3c(c4ccccc42)CCC=C3)CC1. The van der Waals surface area contributed by atoms with Crippen molar-refractivity contribution in [3.63, 3.8) is 0 Å². The largest absolute Gasteiger partial charge is 0.305 e. The van der Waals surface area contributed by atoms with Crippen LogP contribution in [0.15, 0.2) is 224 Å². The third kappa shape index (κ3) is 6.26. The number of pyridine rings is 1. The maximum Gasteiger partial charge on any atom is 0.165 e. The van der Waals surface area contributed by atoms with E-state index in [1.165, 1.54) is 21.9 Å². The fraction of sp³-hybridized carbons (Fsp3) is 0.0580. The Hall–Kier alpha value is -9.85. The Morgan fingerprint density at radius 2 is 0.671 bits per heavy atom. The highest BCUT2D eigenvalue weighted by Crippen LogP contribution is 2.49. The second-order valence-electron chi connectivity index (χ2n) is 20.1. The molecule has 0 spiro atoms. The first-order valence-electron chi connectivity index (χ1n) is 26.4. The molecule has 16 rings (SSSR count). The minimum absolute atomic E-state index is 0.588. The van der Waals surface area contributed by atoms with Crippen LogP contribution in [0.2, 0.25) is 0 Å². The first-order valence-corrected chi connectivity index (χ1v) is 26.4. The normalized spacial score (nSPS) is 13.2. The van der Waals surface area contributed by atoms with E-state index in [-0.39, 0.29) is 0 Å². The highest BCUT2D eigenvalue weighted by molar-refractivity contribution is 6.13. The predicted molar refractivity (Wildman–Crippen MR) is 313 cm³/mol. The quantitative estimate of drug-likeness (QED) is 0.160. The Balaban J connectivity index is 1.23. The van der Waals surface area contributed by atoms with Gasteiger partial charge < -0.3 is 9.13 Å². The molecule has 0 aliphatic heterocycles. The summed E-state index contributed by atoms with van der Waals surface area (Å²) in [7, 11) is 0. The topological polar surface area (TPSA) is 58.4 Å². The van der Waals surface area contributed by atoms with E-state index in [1.807, 2.05) is 0 Å². The van der Waals surface area contributed by atoms with Crippen LogP contribution in [0.25, 0.3) is 134 Å². The Labute approximate surface area is 438 Å². The fourth-order valence-electron chi connectivity index (χ4n) is 12.7. The van der Waals surface area contributed by atoms with Gasteiger partial charge in [-0.15, -0.1) is 0 Å². The van der Waals surface area contributed by atoms with E-state index < -0.39 is 0 Å². The van der Waals surface area contributed by atoms with Gasteiger partial charge in [-0.1, -0.05) is 182 Å². The van der Waals surface area contributed by atoms with Crippen LogP contribution in [0.4, 0.5) is 0 Å². The average molecular weight is 974 g/mol. The number of allylic oxidation sites excluding steroid dienone is 2. The first-order chi connectivity index (χ1) is 37.8. The van der Waals surface area contributed by atoms with Gasteiger partial charge in [0.15, 0.2) is 17.5 Å². The Morgan fingerprint density at radius 1 is 0.316 bits per heavy atom. The smallest absolute Gasteiger partial charge is 0.165 e. The molecule has 14 aromatic rings. The van der Waals surface area contributed by atoms with Crippen molar-refractivity contribution in [1.82, 2.24) is 33.2 Å². The van der Waals surface area contributed by atoms with Gasteiger partial charge in [-0.3, -0.25) is 9.13 Å². The second-order valence-corrected chi connectivity index (χ2v) is 20.1. The van der Waals surface area contributed by atoms with Crippen LogP contribution in [-0.2, 0) is 12.8 Å². The van der Waals surface area contributed by atoms with Crippen molar-refractivity contribution in [3.8, 4) is 56.9 Å². The zero-order chi connectivity index (χ0) is 49.8. The number of para-hydroxylation sites is 6. The van der Waals surface area contributed by atoms with Crippen molar-refractivity contribution < 1.29 is 0 Å². The van der Waals surface area contributed by atoms with Crippen LogP contribution in [-0.4, -0.2) is 33.2 Å². The molecule has 7 heteroatoms. The van der Waals surface area contributed by atoms with Crippen LogP contribution >= 0.6 is 0 Å². The van der Waals surface area contributed by atoms with E-state index >= 15 is 0 Å².